The van der Waals surface area contributed by atoms with Crippen molar-refractivity contribution in [3.05, 3.63) is 34.2 Å². The van der Waals surface area contributed by atoms with Crippen LogP contribution in [-0.4, -0.2) is 45.3 Å². The lowest BCUT2D eigenvalue weighted by Crippen LogP contribution is -2.46. The number of nitrogens with zero attached hydrogens (tertiary/aromatic N) is 2. The Morgan fingerprint density at radius 2 is 1.53 bits per heavy atom. The molecule has 0 aromatic carbocycles. The Morgan fingerprint density at radius 1 is 1.03 bits per heavy atom. The standard InChI is InChI=1S/C23H33N2O5/c1-11-29-19(26)16-13(2)24-14(3)17(20(27)30-21(4,5)6)18(16)15-12-22(7,8)25(28)23(15,9)10/h12H,11H2,1-10H3. The molecule has 0 aliphatic carbocycles. The molecule has 0 atom stereocenters. The number of hydrogen-bond acceptors (Lipinski definition) is 6. The number of hydrogen-bond donors (Lipinski definition) is 0. The number of aromatic nitrogens is 1. The van der Waals surface area contributed by atoms with Crippen LogP contribution in [-0.2, 0) is 14.7 Å². The van der Waals surface area contributed by atoms with Gasteiger partial charge in [0.05, 0.1) is 40.2 Å². The summed E-state index contributed by atoms with van der Waals surface area (Å²) in [5.41, 5.74) is -0.347. The van der Waals surface area contributed by atoms with Crippen LogP contribution in [0.15, 0.2) is 6.08 Å². The molecule has 1 aromatic heterocycles. The number of carbonyl (C=O) groups is 2. The summed E-state index contributed by atoms with van der Waals surface area (Å²) in [4.78, 5) is 30.6. The van der Waals surface area contributed by atoms with E-state index in [-0.39, 0.29) is 17.7 Å². The predicted molar refractivity (Wildman–Crippen MR) is 113 cm³/mol. The summed E-state index contributed by atoms with van der Waals surface area (Å²) in [6, 6.07) is 0. The molecule has 0 spiro atoms. The second kappa shape index (κ2) is 7.78. The summed E-state index contributed by atoms with van der Waals surface area (Å²) in [6.45, 7) is 17.8. The average Bonchev–Trinajstić information content (AvgIpc) is 2.72. The van der Waals surface area contributed by atoms with Crippen LogP contribution in [0.3, 0.4) is 0 Å². The summed E-state index contributed by atoms with van der Waals surface area (Å²) in [5, 5.41) is 14.0. The maximum absolute atomic E-state index is 13.2. The lowest BCUT2D eigenvalue weighted by atomic mass is 9.83. The van der Waals surface area contributed by atoms with Crippen molar-refractivity contribution in [1.82, 2.24) is 10.0 Å². The molecule has 0 bridgehead atoms. The second-order valence-corrected chi connectivity index (χ2v) is 9.70. The van der Waals surface area contributed by atoms with Gasteiger partial charge in [0.2, 0.25) is 0 Å². The third-order valence-electron chi connectivity index (χ3n) is 5.10. The smallest absolute Gasteiger partial charge is 0.341 e. The molecule has 7 heteroatoms. The number of esters is 2. The topological polar surface area (TPSA) is 88.6 Å². The number of pyridine rings is 1. The third kappa shape index (κ3) is 4.27. The van der Waals surface area contributed by atoms with Crippen LogP contribution < -0.4 is 0 Å². The molecule has 1 aromatic rings. The van der Waals surface area contributed by atoms with Crippen LogP contribution in [0.1, 0.15) is 93.1 Å². The molecule has 2 heterocycles. The molecule has 1 aliphatic heterocycles. The highest BCUT2D eigenvalue weighted by atomic mass is 16.6. The van der Waals surface area contributed by atoms with Gasteiger partial charge in [-0.25, -0.2) is 9.59 Å². The van der Waals surface area contributed by atoms with Gasteiger partial charge in [-0.05, 0) is 74.8 Å². The minimum Gasteiger partial charge on any atom is -0.462 e. The highest BCUT2D eigenvalue weighted by Crippen LogP contribution is 2.46. The van der Waals surface area contributed by atoms with E-state index in [1.54, 1.807) is 69.2 Å². The molecule has 2 rings (SSSR count). The largest absolute Gasteiger partial charge is 0.462 e. The van der Waals surface area contributed by atoms with E-state index in [0.717, 1.165) is 5.06 Å². The molecule has 0 fully saturated rings. The van der Waals surface area contributed by atoms with Crippen molar-refractivity contribution >= 4 is 17.5 Å². The molecule has 165 valence electrons. The Kier molecular flexibility index (Phi) is 6.23. The molecule has 0 unspecified atom stereocenters. The van der Waals surface area contributed by atoms with Crippen molar-refractivity contribution in [3.8, 4) is 0 Å². The summed E-state index contributed by atoms with van der Waals surface area (Å²) < 4.78 is 10.9. The Hall–Kier alpha value is -2.25. The first-order chi connectivity index (χ1) is 13.5. The van der Waals surface area contributed by atoms with Crippen molar-refractivity contribution in [1.29, 1.82) is 0 Å². The fraction of sp³-hybridized carbons (Fsp3) is 0.609. The zero-order chi connectivity index (χ0) is 23.2. The molecule has 7 nitrogen and oxygen atoms in total. The lowest BCUT2D eigenvalue weighted by Gasteiger charge is -2.35. The minimum atomic E-state index is -0.984. The Bertz CT molecular complexity index is 907. The van der Waals surface area contributed by atoms with Gasteiger partial charge in [-0.15, -0.1) is 10.3 Å². The predicted octanol–water partition coefficient (Wildman–Crippen LogP) is 4.43. The van der Waals surface area contributed by atoms with Gasteiger partial charge in [0.25, 0.3) is 0 Å². The zero-order valence-electron chi connectivity index (χ0n) is 19.7. The monoisotopic (exact) mass is 417 g/mol. The highest BCUT2D eigenvalue weighted by Gasteiger charge is 2.49. The quantitative estimate of drug-likeness (QED) is 0.673. The SMILES string of the molecule is CCOC(=O)c1c(C)nc(C)c(C(=O)OC(C)(C)C)c1C1=CC(C)(C)N([O])C1(C)C. The van der Waals surface area contributed by atoms with Crippen LogP contribution in [0.2, 0.25) is 0 Å². The van der Waals surface area contributed by atoms with Gasteiger partial charge in [-0.1, -0.05) is 6.08 Å². The van der Waals surface area contributed by atoms with Crippen LogP contribution in [0, 0.1) is 13.8 Å². The normalized spacial score (nSPS) is 18.2. The zero-order valence-corrected chi connectivity index (χ0v) is 19.7. The Balaban J connectivity index is 2.94. The maximum Gasteiger partial charge on any atom is 0.341 e. The van der Waals surface area contributed by atoms with Gasteiger partial charge < -0.3 is 9.47 Å². The van der Waals surface area contributed by atoms with E-state index in [0.29, 0.717) is 22.5 Å². The molecule has 1 aliphatic rings. The van der Waals surface area contributed by atoms with Crippen LogP contribution in [0.25, 0.3) is 5.57 Å². The molecule has 0 N–H and O–H groups in total. The summed E-state index contributed by atoms with van der Waals surface area (Å²) >= 11 is 0. The van der Waals surface area contributed by atoms with Gasteiger partial charge in [-0.2, -0.15) is 0 Å². The molecule has 0 saturated carbocycles. The van der Waals surface area contributed by atoms with Crippen molar-refractivity contribution in [2.24, 2.45) is 0 Å². The van der Waals surface area contributed by atoms with E-state index < -0.39 is 28.6 Å². The lowest BCUT2D eigenvalue weighted by molar-refractivity contribution is -0.234. The first-order valence-electron chi connectivity index (χ1n) is 10.2. The van der Waals surface area contributed by atoms with Gasteiger partial charge >= 0.3 is 11.9 Å². The van der Waals surface area contributed by atoms with Crippen molar-refractivity contribution in [2.75, 3.05) is 6.61 Å². The molecule has 1 radical (unpaired) electrons. The first-order valence-corrected chi connectivity index (χ1v) is 10.2. The van der Waals surface area contributed by atoms with E-state index in [9.17, 15) is 14.8 Å². The number of ether oxygens (including phenoxy) is 2. The average molecular weight is 418 g/mol. The summed E-state index contributed by atoms with van der Waals surface area (Å²) in [6.07, 6.45) is 1.81. The Morgan fingerprint density at radius 3 is 1.93 bits per heavy atom. The van der Waals surface area contributed by atoms with Crippen molar-refractivity contribution in [2.45, 2.75) is 85.9 Å². The number of carbonyl (C=O) groups excluding carboxylic acids is 2. The summed E-state index contributed by atoms with van der Waals surface area (Å²) in [7, 11) is 0. The van der Waals surface area contributed by atoms with E-state index >= 15 is 0 Å². The first kappa shape index (κ1) is 24.0. The molecule has 0 saturated heterocycles. The molecule has 30 heavy (non-hydrogen) atoms. The van der Waals surface area contributed by atoms with Crippen LogP contribution in [0.5, 0.6) is 0 Å². The minimum absolute atomic E-state index is 0.176. The second-order valence-electron chi connectivity index (χ2n) is 9.70. The van der Waals surface area contributed by atoms with E-state index in [1.165, 1.54) is 0 Å². The number of hydroxylamine groups is 2. The third-order valence-corrected chi connectivity index (χ3v) is 5.10. The fourth-order valence-electron chi connectivity index (χ4n) is 3.95. The maximum atomic E-state index is 13.2. The van der Waals surface area contributed by atoms with Crippen LogP contribution >= 0.6 is 0 Å². The van der Waals surface area contributed by atoms with Gasteiger partial charge in [0.15, 0.2) is 0 Å². The van der Waals surface area contributed by atoms with E-state index in [1.807, 2.05) is 6.08 Å². The molecule has 0 amide bonds. The van der Waals surface area contributed by atoms with E-state index in [4.69, 9.17) is 9.47 Å². The van der Waals surface area contributed by atoms with Gasteiger partial charge in [0.1, 0.15) is 5.60 Å². The van der Waals surface area contributed by atoms with Crippen molar-refractivity contribution in [3.63, 3.8) is 0 Å². The number of aryl methyl sites for hydroxylation is 2. The summed E-state index contributed by atoms with van der Waals surface area (Å²) in [5.74, 6) is -1.17. The van der Waals surface area contributed by atoms with Gasteiger partial charge in [0, 0.05) is 5.56 Å². The van der Waals surface area contributed by atoms with E-state index in [2.05, 4.69) is 4.98 Å². The Labute approximate surface area is 179 Å². The van der Waals surface area contributed by atoms with Crippen molar-refractivity contribution < 1.29 is 24.3 Å². The highest BCUT2D eigenvalue weighted by molar-refractivity contribution is 6.06. The molecular weight excluding hydrogens is 384 g/mol. The molecular formula is C23H33N2O5. The van der Waals surface area contributed by atoms with Gasteiger partial charge in [-0.3, -0.25) is 4.98 Å². The number of rotatable bonds is 4. The fourth-order valence-corrected chi connectivity index (χ4v) is 3.95. The van der Waals surface area contributed by atoms with Crippen LogP contribution in [0.4, 0.5) is 0 Å².